The van der Waals surface area contributed by atoms with Gasteiger partial charge in [0.25, 0.3) is 5.91 Å². The number of nitrogens with one attached hydrogen (secondary N) is 1. The Labute approximate surface area is 158 Å². The number of nitrogens with zero attached hydrogens (tertiary/aromatic N) is 1. The van der Waals surface area contributed by atoms with Crippen molar-refractivity contribution in [2.24, 2.45) is 5.92 Å². The van der Waals surface area contributed by atoms with Gasteiger partial charge < -0.3 is 19.7 Å². The lowest BCUT2D eigenvalue weighted by molar-refractivity contribution is -0.135. The van der Waals surface area contributed by atoms with Gasteiger partial charge in [0, 0.05) is 26.7 Å². The van der Waals surface area contributed by atoms with E-state index in [1.54, 1.807) is 21.0 Å². The molecule has 0 bridgehead atoms. The number of hydrogen-bond donors (Lipinski definition) is 1. The zero-order valence-corrected chi connectivity index (χ0v) is 16.9. The Bertz CT molecular complexity index is 581. The minimum atomic E-state index is -0.544. The third kappa shape index (κ3) is 5.90. The Balaban J connectivity index is 1.99. The van der Waals surface area contributed by atoms with E-state index in [4.69, 9.17) is 9.47 Å². The van der Waals surface area contributed by atoms with Crippen LogP contribution >= 0.6 is 0 Å². The number of hydrogen-bond acceptors (Lipinski definition) is 4. The molecule has 1 aliphatic carbocycles. The molecule has 0 spiro atoms. The molecule has 1 fully saturated rings. The summed E-state index contributed by atoms with van der Waals surface area (Å²) in [6.45, 7) is 7.44. The summed E-state index contributed by atoms with van der Waals surface area (Å²) in [6.07, 6.45) is 4.59. The summed E-state index contributed by atoms with van der Waals surface area (Å²) in [4.78, 5) is 13.6. The van der Waals surface area contributed by atoms with Crippen molar-refractivity contribution in [1.82, 2.24) is 10.2 Å². The Hall–Kier alpha value is -1.75. The molecule has 1 unspecified atom stereocenters. The van der Waals surface area contributed by atoms with Crippen molar-refractivity contribution >= 4 is 5.91 Å². The van der Waals surface area contributed by atoms with Crippen LogP contribution in [0.5, 0.6) is 11.5 Å². The minimum absolute atomic E-state index is 0.0651. The lowest BCUT2D eigenvalue weighted by atomic mass is 9.87. The first-order chi connectivity index (χ1) is 12.4. The number of ether oxygens (including phenoxy) is 2. The third-order valence-electron chi connectivity index (χ3n) is 5.01. The van der Waals surface area contributed by atoms with Gasteiger partial charge in [-0.1, -0.05) is 13.0 Å². The lowest BCUT2D eigenvalue weighted by Gasteiger charge is -2.27. The highest BCUT2D eigenvalue weighted by Gasteiger charge is 2.20. The van der Waals surface area contributed by atoms with Crippen molar-refractivity contribution in [3.63, 3.8) is 0 Å². The highest BCUT2D eigenvalue weighted by molar-refractivity contribution is 5.80. The quantitative estimate of drug-likeness (QED) is 0.767. The molecule has 2 rings (SSSR count). The highest BCUT2D eigenvalue weighted by Crippen LogP contribution is 2.30. The highest BCUT2D eigenvalue weighted by atomic mass is 16.5. The van der Waals surface area contributed by atoms with Gasteiger partial charge in [-0.05, 0) is 63.1 Å². The molecule has 1 aliphatic rings. The monoisotopic (exact) mass is 362 g/mol. The molecule has 1 atom stereocenters. The molecule has 146 valence electrons. The molecule has 1 saturated carbocycles. The molecule has 0 saturated heterocycles. The van der Waals surface area contributed by atoms with Gasteiger partial charge in [0.15, 0.2) is 17.6 Å². The third-order valence-corrected chi connectivity index (χ3v) is 5.01. The molecule has 0 radical (unpaired) electrons. The van der Waals surface area contributed by atoms with E-state index in [9.17, 15) is 4.79 Å². The van der Waals surface area contributed by atoms with Crippen LogP contribution in [0, 0.1) is 5.92 Å². The van der Waals surface area contributed by atoms with Gasteiger partial charge >= 0.3 is 0 Å². The van der Waals surface area contributed by atoms with Crippen molar-refractivity contribution in [1.29, 1.82) is 0 Å². The van der Waals surface area contributed by atoms with Gasteiger partial charge in [-0.3, -0.25) is 4.79 Å². The largest absolute Gasteiger partial charge is 0.490 e. The van der Waals surface area contributed by atoms with E-state index in [0.29, 0.717) is 24.1 Å². The minimum Gasteiger partial charge on any atom is -0.490 e. The van der Waals surface area contributed by atoms with Crippen molar-refractivity contribution in [2.75, 3.05) is 20.7 Å². The Morgan fingerprint density at radius 3 is 2.54 bits per heavy atom. The first-order valence-corrected chi connectivity index (χ1v) is 9.77. The van der Waals surface area contributed by atoms with Gasteiger partial charge in [-0.15, -0.1) is 0 Å². The number of rotatable bonds is 8. The van der Waals surface area contributed by atoms with E-state index >= 15 is 0 Å². The van der Waals surface area contributed by atoms with Gasteiger partial charge in [0.2, 0.25) is 0 Å². The van der Waals surface area contributed by atoms with Crippen LogP contribution in [0.15, 0.2) is 18.2 Å². The summed E-state index contributed by atoms with van der Waals surface area (Å²) < 4.78 is 11.6. The Kier molecular flexibility index (Phi) is 7.76. The molecule has 1 aromatic carbocycles. The molecule has 1 aromatic rings. The molecule has 26 heavy (non-hydrogen) atoms. The van der Waals surface area contributed by atoms with Crippen molar-refractivity contribution in [3.05, 3.63) is 23.8 Å². The van der Waals surface area contributed by atoms with Gasteiger partial charge in [0.05, 0.1) is 6.61 Å². The summed E-state index contributed by atoms with van der Waals surface area (Å²) in [7, 11) is 3.46. The molecule has 1 amide bonds. The predicted molar refractivity (Wildman–Crippen MR) is 105 cm³/mol. The second kappa shape index (κ2) is 9.81. The molecule has 0 aliphatic heterocycles. The van der Waals surface area contributed by atoms with Crippen molar-refractivity contribution in [2.45, 2.75) is 65.1 Å². The standard InChI is InChI=1S/C21H34N2O3/c1-6-25-20-13-17(14-22-18-10-7-15(2)8-11-18)9-12-19(20)26-16(3)21(24)23(4)5/h9,12-13,15-16,18,22H,6-8,10-11,14H2,1-5H3. The van der Waals surface area contributed by atoms with Gasteiger partial charge in [-0.25, -0.2) is 0 Å². The van der Waals surface area contributed by atoms with Gasteiger partial charge in [0.1, 0.15) is 0 Å². The number of benzene rings is 1. The van der Waals surface area contributed by atoms with E-state index in [-0.39, 0.29) is 5.91 Å². The lowest BCUT2D eigenvalue weighted by Crippen LogP contribution is -2.35. The smallest absolute Gasteiger partial charge is 0.262 e. The van der Waals surface area contributed by atoms with Crippen LogP contribution in [0.1, 0.15) is 52.0 Å². The van der Waals surface area contributed by atoms with E-state index in [2.05, 4.69) is 12.2 Å². The summed E-state index contributed by atoms with van der Waals surface area (Å²) in [6, 6.07) is 6.58. The fraction of sp³-hybridized carbons (Fsp3) is 0.667. The van der Waals surface area contributed by atoms with Crippen molar-refractivity contribution < 1.29 is 14.3 Å². The van der Waals surface area contributed by atoms with Crippen LogP contribution in [0.4, 0.5) is 0 Å². The van der Waals surface area contributed by atoms with Crippen molar-refractivity contribution in [3.8, 4) is 11.5 Å². The van der Waals surface area contributed by atoms with E-state index in [1.165, 1.54) is 36.1 Å². The number of carbonyl (C=O) groups is 1. The number of amides is 1. The first kappa shape index (κ1) is 20.6. The Morgan fingerprint density at radius 1 is 1.23 bits per heavy atom. The topological polar surface area (TPSA) is 50.8 Å². The maximum absolute atomic E-state index is 12.0. The molecule has 1 N–H and O–H groups in total. The summed E-state index contributed by atoms with van der Waals surface area (Å²) >= 11 is 0. The average Bonchev–Trinajstić information content (AvgIpc) is 2.62. The number of likely N-dealkylation sites (N-methyl/N-ethyl adjacent to an activating group) is 1. The maximum atomic E-state index is 12.0. The fourth-order valence-corrected chi connectivity index (χ4v) is 3.36. The van der Waals surface area contributed by atoms with Crippen LogP contribution in [-0.4, -0.2) is 43.7 Å². The second-order valence-electron chi connectivity index (χ2n) is 7.54. The maximum Gasteiger partial charge on any atom is 0.262 e. The molecular weight excluding hydrogens is 328 g/mol. The average molecular weight is 363 g/mol. The summed E-state index contributed by atoms with van der Waals surface area (Å²) in [5, 5.41) is 3.66. The van der Waals surface area contributed by atoms with E-state index in [1.807, 2.05) is 25.1 Å². The fourth-order valence-electron chi connectivity index (χ4n) is 3.36. The van der Waals surface area contributed by atoms with Crippen LogP contribution in [0.3, 0.4) is 0 Å². The van der Waals surface area contributed by atoms with E-state index < -0.39 is 6.10 Å². The van der Waals surface area contributed by atoms with Crippen LogP contribution in [0.2, 0.25) is 0 Å². The molecule has 0 heterocycles. The van der Waals surface area contributed by atoms with E-state index in [0.717, 1.165) is 12.5 Å². The molecule has 5 nitrogen and oxygen atoms in total. The zero-order chi connectivity index (χ0) is 19.1. The normalized spacial score (nSPS) is 21.1. The zero-order valence-electron chi connectivity index (χ0n) is 16.9. The van der Waals surface area contributed by atoms with Gasteiger partial charge in [-0.2, -0.15) is 0 Å². The SMILES string of the molecule is CCOc1cc(CNC2CCC(C)CC2)ccc1OC(C)C(=O)N(C)C. The molecule has 0 aromatic heterocycles. The van der Waals surface area contributed by atoms with Crippen LogP contribution in [-0.2, 0) is 11.3 Å². The summed E-state index contributed by atoms with van der Waals surface area (Å²) in [5.41, 5.74) is 1.17. The number of carbonyl (C=O) groups excluding carboxylic acids is 1. The Morgan fingerprint density at radius 2 is 1.92 bits per heavy atom. The van der Waals surface area contributed by atoms with Crippen LogP contribution in [0.25, 0.3) is 0 Å². The molecular formula is C21H34N2O3. The molecule has 5 heteroatoms. The first-order valence-electron chi connectivity index (χ1n) is 9.77. The second-order valence-corrected chi connectivity index (χ2v) is 7.54. The summed E-state index contributed by atoms with van der Waals surface area (Å²) in [5.74, 6) is 2.11. The van der Waals surface area contributed by atoms with Crippen LogP contribution < -0.4 is 14.8 Å². The predicted octanol–water partition coefficient (Wildman–Crippen LogP) is 3.61.